The number of hydrogen-bond donors (Lipinski definition) is 3. The average Bonchev–Trinajstić information content (AvgIpc) is 2.83. The topological polar surface area (TPSA) is 86.8 Å². The molecule has 0 radical (unpaired) electrons. The molecule has 1 aromatic rings. The standard InChI is InChI=1S/C15H20N2O3/c16-11-2-1-9-7-17(8-10(9)5-11)15(20)13-6-12(18)3-4-14(13)19/h3-4,6,9-11,18-19H,1-2,5,7-8,16H2/t9-,10+,11?/m1/s1. The molecule has 1 aromatic carbocycles. The minimum absolute atomic E-state index is 0.00946. The van der Waals surface area contributed by atoms with Crippen LogP contribution in [0.2, 0.25) is 0 Å². The maximum absolute atomic E-state index is 12.5. The Balaban J connectivity index is 1.77. The highest BCUT2D eigenvalue weighted by Crippen LogP contribution is 2.37. The van der Waals surface area contributed by atoms with E-state index in [1.54, 1.807) is 4.90 Å². The molecule has 2 fully saturated rings. The van der Waals surface area contributed by atoms with Gasteiger partial charge in [0.05, 0.1) is 5.56 Å². The fourth-order valence-corrected chi connectivity index (χ4v) is 3.50. The van der Waals surface area contributed by atoms with E-state index >= 15 is 0 Å². The van der Waals surface area contributed by atoms with Crippen molar-refractivity contribution in [2.45, 2.75) is 25.3 Å². The Morgan fingerprint density at radius 3 is 2.75 bits per heavy atom. The van der Waals surface area contributed by atoms with Crippen LogP contribution < -0.4 is 5.73 Å². The van der Waals surface area contributed by atoms with Crippen molar-refractivity contribution in [3.63, 3.8) is 0 Å². The lowest BCUT2D eigenvalue weighted by atomic mass is 9.79. The van der Waals surface area contributed by atoms with Crippen LogP contribution in [-0.2, 0) is 0 Å². The summed E-state index contributed by atoms with van der Waals surface area (Å²) < 4.78 is 0. The summed E-state index contributed by atoms with van der Waals surface area (Å²) >= 11 is 0. The van der Waals surface area contributed by atoms with E-state index in [0.717, 1.165) is 25.8 Å². The monoisotopic (exact) mass is 276 g/mol. The van der Waals surface area contributed by atoms with E-state index < -0.39 is 0 Å². The Kier molecular flexibility index (Phi) is 3.30. The molecule has 20 heavy (non-hydrogen) atoms. The van der Waals surface area contributed by atoms with Gasteiger partial charge in [-0.25, -0.2) is 0 Å². The normalized spacial score (nSPS) is 29.2. The number of amides is 1. The summed E-state index contributed by atoms with van der Waals surface area (Å²) in [7, 11) is 0. The van der Waals surface area contributed by atoms with Gasteiger partial charge in [-0.1, -0.05) is 0 Å². The van der Waals surface area contributed by atoms with Crippen LogP contribution in [0.5, 0.6) is 11.5 Å². The van der Waals surface area contributed by atoms with E-state index in [9.17, 15) is 15.0 Å². The van der Waals surface area contributed by atoms with Crippen LogP contribution in [0.3, 0.4) is 0 Å². The third-order valence-corrected chi connectivity index (χ3v) is 4.59. The fraction of sp³-hybridized carbons (Fsp3) is 0.533. The Labute approximate surface area is 118 Å². The highest BCUT2D eigenvalue weighted by molar-refractivity contribution is 5.97. The van der Waals surface area contributed by atoms with Gasteiger partial charge in [-0.2, -0.15) is 0 Å². The third kappa shape index (κ3) is 2.33. The number of likely N-dealkylation sites (tertiary alicyclic amines) is 1. The van der Waals surface area contributed by atoms with E-state index in [-0.39, 0.29) is 29.0 Å². The Bertz CT molecular complexity index is 532. The van der Waals surface area contributed by atoms with E-state index in [1.165, 1.54) is 18.2 Å². The second-order valence-electron chi connectivity index (χ2n) is 6.00. The number of benzene rings is 1. The molecule has 1 unspecified atom stereocenters. The number of carbonyl (C=O) groups is 1. The molecule has 108 valence electrons. The number of fused-ring (bicyclic) bond motifs is 1. The fourth-order valence-electron chi connectivity index (χ4n) is 3.50. The molecule has 1 heterocycles. The minimum atomic E-state index is -0.207. The predicted octanol–water partition coefficient (Wildman–Crippen LogP) is 1.30. The number of phenols is 2. The second kappa shape index (κ2) is 4.98. The van der Waals surface area contributed by atoms with Crippen LogP contribution in [0.1, 0.15) is 29.6 Å². The van der Waals surface area contributed by atoms with Crippen LogP contribution >= 0.6 is 0 Å². The summed E-state index contributed by atoms with van der Waals surface area (Å²) in [5.41, 5.74) is 6.16. The number of nitrogens with two attached hydrogens (primary N) is 1. The first-order chi connectivity index (χ1) is 9.54. The van der Waals surface area contributed by atoms with Gasteiger partial charge < -0.3 is 20.8 Å². The SMILES string of the molecule is NC1CC[C@@H]2CN(C(=O)c3cc(O)ccc3O)C[C@@H]2C1. The molecule has 1 saturated heterocycles. The lowest BCUT2D eigenvalue weighted by Gasteiger charge is -2.27. The van der Waals surface area contributed by atoms with Crippen LogP contribution in [0.15, 0.2) is 18.2 Å². The van der Waals surface area contributed by atoms with Gasteiger partial charge in [-0.15, -0.1) is 0 Å². The zero-order valence-electron chi connectivity index (χ0n) is 11.3. The largest absolute Gasteiger partial charge is 0.508 e. The van der Waals surface area contributed by atoms with E-state index in [2.05, 4.69) is 0 Å². The minimum Gasteiger partial charge on any atom is -0.508 e. The number of aromatic hydroxyl groups is 2. The van der Waals surface area contributed by atoms with Gasteiger partial charge in [0.1, 0.15) is 11.5 Å². The molecule has 5 heteroatoms. The third-order valence-electron chi connectivity index (χ3n) is 4.59. The summed E-state index contributed by atoms with van der Waals surface area (Å²) in [6, 6.07) is 4.29. The first-order valence-corrected chi connectivity index (χ1v) is 7.11. The van der Waals surface area contributed by atoms with Crippen molar-refractivity contribution < 1.29 is 15.0 Å². The van der Waals surface area contributed by atoms with Gasteiger partial charge in [0.2, 0.25) is 0 Å². The van der Waals surface area contributed by atoms with Gasteiger partial charge in [-0.3, -0.25) is 4.79 Å². The van der Waals surface area contributed by atoms with Gasteiger partial charge in [0.15, 0.2) is 0 Å². The summed E-state index contributed by atoms with van der Waals surface area (Å²) in [4.78, 5) is 14.2. The smallest absolute Gasteiger partial charge is 0.257 e. The molecule has 1 aliphatic heterocycles. The first-order valence-electron chi connectivity index (χ1n) is 7.11. The molecule has 0 bridgehead atoms. The van der Waals surface area contributed by atoms with Crippen LogP contribution in [0.25, 0.3) is 0 Å². The lowest BCUT2D eigenvalue weighted by Crippen LogP contribution is -2.32. The molecule has 3 atom stereocenters. The molecular weight excluding hydrogens is 256 g/mol. The molecule has 0 spiro atoms. The van der Waals surface area contributed by atoms with E-state index in [0.29, 0.717) is 18.4 Å². The van der Waals surface area contributed by atoms with Gasteiger partial charge in [0.25, 0.3) is 5.91 Å². The second-order valence-corrected chi connectivity index (χ2v) is 6.00. The summed E-state index contributed by atoms with van der Waals surface area (Å²) in [5.74, 6) is 0.700. The van der Waals surface area contributed by atoms with Crippen molar-refractivity contribution in [2.75, 3.05) is 13.1 Å². The van der Waals surface area contributed by atoms with Crippen molar-refractivity contribution in [3.8, 4) is 11.5 Å². The predicted molar refractivity (Wildman–Crippen MR) is 74.5 cm³/mol. The summed E-state index contributed by atoms with van der Waals surface area (Å²) in [6.07, 6.45) is 3.07. The van der Waals surface area contributed by atoms with Crippen molar-refractivity contribution in [1.82, 2.24) is 4.90 Å². The number of carbonyl (C=O) groups excluding carboxylic acids is 1. The highest BCUT2D eigenvalue weighted by atomic mass is 16.3. The number of rotatable bonds is 1. The maximum Gasteiger partial charge on any atom is 0.257 e. The summed E-state index contributed by atoms with van der Waals surface area (Å²) in [6.45, 7) is 1.43. The van der Waals surface area contributed by atoms with Crippen LogP contribution in [0, 0.1) is 11.8 Å². The average molecular weight is 276 g/mol. The number of hydrogen-bond acceptors (Lipinski definition) is 4. The quantitative estimate of drug-likeness (QED) is 0.675. The molecule has 3 rings (SSSR count). The zero-order chi connectivity index (χ0) is 14.3. The van der Waals surface area contributed by atoms with Crippen molar-refractivity contribution in [3.05, 3.63) is 23.8 Å². The molecular formula is C15H20N2O3. The molecule has 1 amide bonds. The van der Waals surface area contributed by atoms with Crippen molar-refractivity contribution >= 4 is 5.91 Å². The number of phenolic OH excluding ortho intramolecular Hbond substituents is 2. The van der Waals surface area contributed by atoms with Crippen LogP contribution in [0.4, 0.5) is 0 Å². The van der Waals surface area contributed by atoms with Crippen molar-refractivity contribution in [1.29, 1.82) is 0 Å². The molecule has 1 saturated carbocycles. The Morgan fingerprint density at radius 2 is 1.95 bits per heavy atom. The Morgan fingerprint density at radius 1 is 1.20 bits per heavy atom. The van der Waals surface area contributed by atoms with Gasteiger partial charge in [-0.05, 0) is 49.3 Å². The first kappa shape index (κ1) is 13.2. The maximum atomic E-state index is 12.5. The molecule has 5 nitrogen and oxygen atoms in total. The Hall–Kier alpha value is -1.75. The molecule has 1 aliphatic carbocycles. The number of nitrogens with zero attached hydrogens (tertiary/aromatic N) is 1. The molecule has 4 N–H and O–H groups in total. The zero-order valence-corrected chi connectivity index (χ0v) is 11.3. The lowest BCUT2D eigenvalue weighted by molar-refractivity contribution is 0.0780. The highest BCUT2D eigenvalue weighted by Gasteiger charge is 2.39. The van der Waals surface area contributed by atoms with Crippen molar-refractivity contribution in [2.24, 2.45) is 17.6 Å². The molecule has 0 aromatic heterocycles. The van der Waals surface area contributed by atoms with E-state index in [1.807, 2.05) is 0 Å². The van der Waals surface area contributed by atoms with Gasteiger partial charge >= 0.3 is 0 Å². The van der Waals surface area contributed by atoms with Crippen LogP contribution in [-0.4, -0.2) is 40.2 Å². The van der Waals surface area contributed by atoms with E-state index in [4.69, 9.17) is 5.73 Å². The summed E-state index contributed by atoms with van der Waals surface area (Å²) in [5, 5.41) is 19.3. The van der Waals surface area contributed by atoms with Gasteiger partial charge in [0, 0.05) is 19.1 Å². The molecule has 2 aliphatic rings.